The SMILES string of the molecule is NCC1(C(=O)NC2(CC(=O)O)CCCCC2)CCCC1. The normalized spacial score (nSPS) is 24.2. The number of carboxylic acid groups (broad SMARTS) is 1. The molecule has 2 aliphatic carbocycles. The molecule has 0 saturated heterocycles. The number of amides is 1. The first-order chi connectivity index (χ1) is 9.52. The Labute approximate surface area is 120 Å². The zero-order valence-electron chi connectivity index (χ0n) is 12.1. The molecule has 0 heterocycles. The van der Waals surface area contributed by atoms with E-state index in [-0.39, 0.29) is 12.3 Å². The van der Waals surface area contributed by atoms with E-state index in [0.717, 1.165) is 57.8 Å². The van der Waals surface area contributed by atoms with Crippen LogP contribution in [0.15, 0.2) is 0 Å². The molecule has 2 aliphatic rings. The Bertz CT molecular complexity index is 369. The third kappa shape index (κ3) is 3.14. The molecule has 0 aliphatic heterocycles. The summed E-state index contributed by atoms with van der Waals surface area (Å²) in [6.07, 6.45) is 8.41. The van der Waals surface area contributed by atoms with Crippen molar-refractivity contribution in [2.45, 2.75) is 69.7 Å². The van der Waals surface area contributed by atoms with Gasteiger partial charge >= 0.3 is 5.97 Å². The lowest BCUT2D eigenvalue weighted by atomic mass is 9.77. The van der Waals surface area contributed by atoms with Crippen molar-refractivity contribution in [3.8, 4) is 0 Å². The van der Waals surface area contributed by atoms with Crippen molar-refractivity contribution in [3.63, 3.8) is 0 Å². The first-order valence-corrected chi connectivity index (χ1v) is 7.76. The van der Waals surface area contributed by atoms with Crippen molar-refractivity contribution in [3.05, 3.63) is 0 Å². The van der Waals surface area contributed by atoms with Crippen molar-refractivity contribution >= 4 is 11.9 Å². The van der Waals surface area contributed by atoms with E-state index < -0.39 is 16.9 Å². The fourth-order valence-corrected chi connectivity index (χ4v) is 3.81. The van der Waals surface area contributed by atoms with Crippen LogP contribution >= 0.6 is 0 Å². The molecule has 20 heavy (non-hydrogen) atoms. The molecule has 5 nitrogen and oxygen atoms in total. The second kappa shape index (κ2) is 6.12. The lowest BCUT2D eigenvalue weighted by molar-refractivity contribution is -0.140. The fourth-order valence-electron chi connectivity index (χ4n) is 3.81. The molecule has 0 unspecified atom stereocenters. The maximum absolute atomic E-state index is 12.7. The summed E-state index contributed by atoms with van der Waals surface area (Å²) in [5.41, 5.74) is 4.84. The first-order valence-electron chi connectivity index (χ1n) is 7.76. The molecule has 0 aromatic rings. The third-order valence-corrected chi connectivity index (χ3v) is 5.11. The highest BCUT2D eigenvalue weighted by atomic mass is 16.4. The summed E-state index contributed by atoms with van der Waals surface area (Å²) in [5.74, 6) is -0.846. The van der Waals surface area contributed by atoms with E-state index in [9.17, 15) is 9.59 Å². The highest BCUT2D eigenvalue weighted by Gasteiger charge is 2.44. The molecule has 0 bridgehead atoms. The molecular formula is C15H26N2O3. The number of hydrogen-bond acceptors (Lipinski definition) is 3. The summed E-state index contributed by atoms with van der Waals surface area (Å²) in [7, 11) is 0. The number of hydrogen-bond donors (Lipinski definition) is 3. The fraction of sp³-hybridized carbons (Fsp3) is 0.867. The van der Waals surface area contributed by atoms with Gasteiger partial charge in [0.15, 0.2) is 0 Å². The molecule has 1 amide bonds. The van der Waals surface area contributed by atoms with Gasteiger partial charge in [0, 0.05) is 6.54 Å². The van der Waals surface area contributed by atoms with E-state index in [0.29, 0.717) is 6.54 Å². The summed E-state index contributed by atoms with van der Waals surface area (Å²) < 4.78 is 0. The van der Waals surface area contributed by atoms with Crippen LogP contribution in [0.5, 0.6) is 0 Å². The molecule has 0 spiro atoms. The first kappa shape index (κ1) is 15.3. The van der Waals surface area contributed by atoms with Crippen molar-refractivity contribution in [1.82, 2.24) is 5.32 Å². The molecule has 4 N–H and O–H groups in total. The van der Waals surface area contributed by atoms with Gasteiger partial charge in [-0.25, -0.2) is 0 Å². The monoisotopic (exact) mass is 282 g/mol. The minimum Gasteiger partial charge on any atom is -0.481 e. The molecular weight excluding hydrogens is 256 g/mol. The van der Waals surface area contributed by atoms with Gasteiger partial charge in [0.25, 0.3) is 0 Å². The van der Waals surface area contributed by atoms with Gasteiger partial charge in [-0.15, -0.1) is 0 Å². The van der Waals surface area contributed by atoms with Crippen LogP contribution in [0.1, 0.15) is 64.2 Å². The molecule has 2 fully saturated rings. The highest BCUT2D eigenvalue weighted by molar-refractivity contribution is 5.84. The van der Waals surface area contributed by atoms with Gasteiger partial charge in [-0.05, 0) is 25.7 Å². The Morgan fingerprint density at radius 3 is 2.05 bits per heavy atom. The van der Waals surface area contributed by atoms with E-state index in [4.69, 9.17) is 10.8 Å². The number of carbonyl (C=O) groups excluding carboxylic acids is 1. The van der Waals surface area contributed by atoms with Crippen molar-refractivity contribution in [1.29, 1.82) is 0 Å². The lowest BCUT2D eigenvalue weighted by Gasteiger charge is -2.40. The number of aliphatic carboxylic acids is 1. The minimum absolute atomic E-state index is 0.0133. The molecule has 2 saturated carbocycles. The van der Waals surface area contributed by atoms with Gasteiger partial charge in [0.1, 0.15) is 0 Å². The van der Waals surface area contributed by atoms with Gasteiger partial charge in [-0.1, -0.05) is 32.1 Å². The van der Waals surface area contributed by atoms with Gasteiger partial charge < -0.3 is 16.2 Å². The average Bonchev–Trinajstić information content (AvgIpc) is 2.88. The number of carbonyl (C=O) groups is 2. The van der Waals surface area contributed by atoms with Crippen molar-refractivity contribution in [2.75, 3.05) is 6.54 Å². The maximum Gasteiger partial charge on any atom is 0.305 e. The summed E-state index contributed by atoms with van der Waals surface area (Å²) in [6.45, 7) is 0.363. The predicted molar refractivity (Wildman–Crippen MR) is 76.2 cm³/mol. The molecule has 114 valence electrons. The average molecular weight is 282 g/mol. The molecule has 2 rings (SSSR count). The Hall–Kier alpha value is -1.10. The second-order valence-electron chi connectivity index (χ2n) is 6.56. The van der Waals surface area contributed by atoms with Crippen LogP contribution in [0.4, 0.5) is 0 Å². The number of carboxylic acids is 1. The van der Waals surface area contributed by atoms with E-state index in [1.165, 1.54) is 0 Å². The summed E-state index contributed by atoms with van der Waals surface area (Å²) in [6, 6.07) is 0. The Morgan fingerprint density at radius 2 is 1.55 bits per heavy atom. The summed E-state index contributed by atoms with van der Waals surface area (Å²) >= 11 is 0. The second-order valence-corrected chi connectivity index (χ2v) is 6.56. The largest absolute Gasteiger partial charge is 0.481 e. The van der Waals surface area contributed by atoms with Crippen LogP contribution in [0, 0.1) is 5.41 Å². The van der Waals surface area contributed by atoms with Crippen LogP contribution in [-0.4, -0.2) is 29.1 Å². The topological polar surface area (TPSA) is 92.4 Å². The quantitative estimate of drug-likeness (QED) is 0.717. The standard InChI is InChI=1S/C15H26N2O3/c16-11-14(6-4-5-7-14)13(20)17-15(10-12(18)19)8-2-1-3-9-15/h1-11,16H2,(H,17,20)(H,18,19). The van der Waals surface area contributed by atoms with Gasteiger partial charge in [-0.2, -0.15) is 0 Å². The number of rotatable bonds is 5. The molecule has 0 radical (unpaired) electrons. The molecule has 0 atom stereocenters. The van der Waals surface area contributed by atoms with E-state index in [1.807, 2.05) is 0 Å². The van der Waals surface area contributed by atoms with Crippen LogP contribution < -0.4 is 11.1 Å². The van der Waals surface area contributed by atoms with Gasteiger partial charge in [-0.3, -0.25) is 9.59 Å². The van der Waals surface area contributed by atoms with Crippen molar-refractivity contribution in [2.24, 2.45) is 11.1 Å². The maximum atomic E-state index is 12.7. The number of nitrogens with two attached hydrogens (primary N) is 1. The van der Waals surface area contributed by atoms with Crippen molar-refractivity contribution < 1.29 is 14.7 Å². The van der Waals surface area contributed by atoms with Gasteiger partial charge in [0.05, 0.1) is 17.4 Å². The zero-order valence-corrected chi connectivity index (χ0v) is 12.1. The van der Waals surface area contributed by atoms with E-state index >= 15 is 0 Å². The van der Waals surface area contributed by atoms with E-state index in [2.05, 4.69) is 5.32 Å². The Kier molecular flexibility index (Phi) is 4.68. The zero-order chi connectivity index (χ0) is 14.6. The Morgan fingerprint density at radius 1 is 1.00 bits per heavy atom. The van der Waals surface area contributed by atoms with Crippen LogP contribution in [0.3, 0.4) is 0 Å². The Balaban J connectivity index is 2.10. The highest BCUT2D eigenvalue weighted by Crippen LogP contribution is 2.39. The predicted octanol–water partition coefficient (Wildman–Crippen LogP) is 1.80. The van der Waals surface area contributed by atoms with Crippen LogP contribution in [0.25, 0.3) is 0 Å². The summed E-state index contributed by atoms with van der Waals surface area (Å²) in [5, 5.41) is 12.3. The smallest absolute Gasteiger partial charge is 0.305 e. The summed E-state index contributed by atoms with van der Waals surface area (Å²) in [4.78, 5) is 23.8. The lowest BCUT2D eigenvalue weighted by Crippen LogP contribution is -2.56. The van der Waals surface area contributed by atoms with Crippen LogP contribution in [0.2, 0.25) is 0 Å². The van der Waals surface area contributed by atoms with Crippen LogP contribution in [-0.2, 0) is 9.59 Å². The molecule has 0 aromatic heterocycles. The van der Waals surface area contributed by atoms with E-state index in [1.54, 1.807) is 0 Å². The number of nitrogens with one attached hydrogen (secondary N) is 1. The molecule has 5 heteroatoms. The van der Waals surface area contributed by atoms with Gasteiger partial charge in [0.2, 0.25) is 5.91 Å². The minimum atomic E-state index is -0.833. The molecule has 0 aromatic carbocycles. The third-order valence-electron chi connectivity index (χ3n) is 5.11.